The zero-order valence-corrected chi connectivity index (χ0v) is 24.6. The van der Waals surface area contributed by atoms with Gasteiger partial charge in [-0.05, 0) is 96.2 Å². The van der Waals surface area contributed by atoms with E-state index in [1.165, 1.54) is 51.1 Å². The highest BCUT2D eigenvalue weighted by Gasteiger charge is 2.30. The molecule has 0 atom stereocenters. The molecule has 0 radical (unpaired) electrons. The topological polar surface area (TPSA) is 121 Å². The summed E-state index contributed by atoms with van der Waals surface area (Å²) in [4.78, 5) is 23.7. The van der Waals surface area contributed by atoms with Crippen molar-refractivity contribution < 1.29 is 22.0 Å². The number of likely N-dealkylation sites (tertiary alicyclic amines) is 1. The summed E-state index contributed by atoms with van der Waals surface area (Å²) >= 11 is 0. The lowest BCUT2D eigenvalue weighted by Gasteiger charge is -2.29. The fourth-order valence-corrected chi connectivity index (χ4v) is 5.30. The van der Waals surface area contributed by atoms with Crippen LogP contribution in [0.5, 0.6) is 0 Å². The first-order chi connectivity index (χ1) is 19.8. The smallest absolute Gasteiger partial charge is 0.254 e. The fraction of sp³-hybridized carbons (Fsp3) is 0.345. The highest BCUT2D eigenvalue weighted by Crippen LogP contribution is 2.27. The van der Waals surface area contributed by atoms with Crippen molar-refractivity contribution in [1.82, 2.24) is 24.8 Å². The van der Waals surface area contributed by atoms with Crippen LogP contribution in [0.15, 0.2) is 54.9 Å². The molecule has 10 nitrogen and oxygen atoms in total. The number of benzene rings is 2. The van der Waals surface area contributed by atoms with Gasteiger partial charge in [0.2, 0.25) is 16.0 Å². The van der Waals surface area contributed by atoms with Gasteiger partial charge in [-0.2, -0.15) is 4.98 Å². The normalized spacial score (nSPS) is 15.1. The summed E-state index contributed by atoms with van der Waals surface area (Å²) in [5.41, 5.74) is 1.04. The minimum Gasteiger partial charge on any atom is -0.349 e. The minimum absolute atomic E-state index is 0.0122. The van der Waals surface area contributed by atoms with E-state index in [1.807, 2.05) is 7.05 Å². The van der Waals surface area contributed by atoms with Crippen LogP contribution < -0.4 is 15.4 Å². The molecule has 1 aliphatic heterocycles. The molecule has 5 rings (SSSR count). The third kappa shape index (κ3) is 6.21. The van der Waals surface area contributed by atoms with Crippen LogP contribution in [0, 0.1) is 11.6 Å². The summed E-state index contributed by atoms with van der Waals surface area (Å²) in [5, 5.41) is 6.55. The quantitative estimate of drug-likeness (QED) is 0.280. The summed E-state index contributed by atoms with van der Waals surface area (Å²) in [7, 11) is -1.83. The van der Waals surface area contributed by atoms with Gasteiger partial charge >= 0.3 is 0 Å². The molecule has 3 heterocycles. The molecular weight excluding hydrogens is 564 g/mol. The third-order valence-corrected chi connectivity index (χ3v) is 9.33. The molecule has 1 saturated heterocycles. The monoisotopic (exact) mass is 597 g/mol. The lowest BCUT2D eigenvalue weighted by atomic mass is 10.0. The van der Waals surface area contributed by atoms with E-state index in [4.69, 9.17) is 0 Å². The summed E-state index contributed by atoms with van der Waals surface area (Å²) in [5.74, 6) is -1.68. The minimum atomic E-state index is -3.86. The highest BCUT2D eigenvalue weighted by atomic mass is 32.2. The van der Waals surface area contributed by atoms with Gasteiger partial charge in [-0.25, -0.2) is 22.2 Å². The van der Waals surface area contributed by atoms with Crippen LogP contribution >= 0.6 is 0 Å². The summed E-state index contributed by atoms with van der Waals surface area (Å²) in [6, 6.07) is 10.0. The Balaban J connectivity index is 1.36. The second-order valence-electron chi connectivity index (χ2n) is 11.4. The Labute approximate surface area is 243 Å². The molecule has 0 saturated carbocycles. The second-order valence-corrected chi connectivity index (χ2v) is 13.8. The maximum Gasteiger partial charge on any atom is 0.254 e. The summed E-state index contributed by atoms with van der Waals surface area (Å²) < 4.78 is 57.6. The Hall–Kier alpha value is -4.10. The van der Waals surface area contributed by atoms with Crippen molar-refractivity contribution in [3.8, 4) is 5.69 Å². The number of hydrogen-bond donors (Lipinski definition) is 3. The summed E-state index contributed by atoms with van der Waals surface area (Å²) in [6.07, 6.45) is 4.91. The molecule has 1 aliphatic rings. The first-order valence-electron chi connectivity index (χ1n) is 13.5. The largest absolute Gasteiger partial charge is 0.349 e. The zero-order valence-electron chi connectivity index (χ0n) is 23.8. The van der Waals surface area contributed by atoms with Crippen LogP contribution in [-0.4, -0.2) is 64.7 Å². The van der Waals surface area contributed by atoms with E-state index in [0.29, 0.717) is 22.4 Å². The van der Waals surface area contributed by atoms with Crippen molar-refractivity contribution in [3.63, 3.8) is 0 Å². The molecule has 1 fully saturated rings. The van der Waals surface area contributed by atoms with Crippen LogP contribution in [0.25, 0.3) is 16.7 Å². The zero-order chi connectivity index (χ0) is 30.2. The molecule has 4 aromatic rings. The van der Waals surface area contributed by atoms with Crippen molar-refractivity contribution in [1.29, 1.82) is 0 Å². The van der Waals surface area contributed by atoms with Crippen molar-refractivity contribution in [2.24, 2.45) is 0 Å². The number of aromatic nitrogens is 3. The maximum atomic E-state index is 14.9. The number of amides is 1. The van der Waals surface area contributed by atoms with Crippen LogP contribution in [0.1, 0.15) is 44.0 Å². The van der Waals surface area contributed by atoms with Crippen molar-refractivity contribution in [2.45, 2.75) is 44.4 Å². The van der Waals surface area contributed by atoms with E-state index >= 15 is 0 Å². The average Bonchev–Trinajstić information content (AvgIpc) is 3.34. The molecule has 3 N–H and O–H groups in total. The predicted octanol–water partition coefficient (Wildman–Crippen LogP) is 4.81. The number of nitrogens with zero attached hydrogens (tertiary/aromatic N) is 4. The van der Waals surface area contributed by atoms with E-state index in [9.17, 15) is 22.0 Å². The van der Waals surface area contributed by atoms with Crippen molar-refractivity contribution in [3.05, 3.63) is 72.1 Å². The van der Waals surface area contributed by atoms with Gasteiger partial charge in [-0.3, -0.25) is 9.52 Å². The van der Waals surface area contributed by atoms with Crippen LogP contribution in [-0.2, 0) is 10.0 Å². The molecule has 0 bridgehead atoms. The summed E-state index contributed by atoms with van der Waals surface area (Å²) in [6.45, 7) is 6.32. The molecule has 0 spiro atoms. The number of nitrogens with one attached hydrogen (secondary N) is 3. The van der Waals surface area contributed by atoms with E-state index in [2.05, 4.69) is 30.2 Å². The number of carbonyl (C=O) groups excluding carboxylic acids is 1. The molecule has 1 amide bonds. The maximum absolute atomic E-state index is 14.9. The number of sulfonamides is 1. The Bertz CT molecular complexity index is 1740. The van der Waals surface area contributed by atoms with Crippen molar-refractivity contribution >= 4 is 44.3 Å². The number of piperidine rings is 1. The number of rotatable bonds is 7. The number of halogens is 2. The highest BCUT2D eigenvalue weighted by molar-refractivity contribution is 7.94. The van der Waals surface area contributed by atoms with Gasteiger partial charge in [0, 0.05) is 35.2 Å². The number of hydrogen-bond acceptors (Lipinski definition) is 7. The van der Waals surface area contributed by atoms with Gasteiger partial charge in [0.25, 0.3) is 5.91 Å². The van der Waals surface area contributed by atoms with Gasteiger partial charge < -0.3 is 20.1 Å². The Morgan fingerprint density at radius 3 is 2.45 bits per heavy atom. The average molecular weight is 598 g/mol. The van der Waals surface area contributed by atoms with Gasteiger partial charge in [0.1, 0.15) is 17.3 Å². The Morgan fingerprint density at radius 2 is 1.76 bits per heavy atom. The van der Waals surface area contributed by atoms with Crippen LogP contribution in [0.2, 0.25) is 0 Å². The van der Waals surface area contributed by atoms with Crippen molar-refractivity contribution in [2.75, 3.05) is 30.2 Å². The van der Waals surface area contributed by atoms with Crippen LogP contribution in [0.3, 0.4) is 0 Å². The van der Waals surface area contributed by atoms with Crippen LogP contribution in [0.4, 0.5) is 26.1 Å². The van der Waals surface area contributed by atoms with E-state index in [-0.39, 0.29) is 23.2 Å². The van der Waals surface area contributed by atoms with Gasteiger partial charge in [-0.15, -0.1) is 0 Å². The van der Waals surface area contributed by atoms with Gasteiger partial charge in [0.05, 0.1) is 16.0 Å². The van der Waals surface area contributed by atoms with E-state index in [0.717, 1.165) is 25.9 Å². The molecule has 2 aromatic carbocycles. The molecule has 222 valence electrons. The Kier molecular flexibility index (Phi) is 7.90. The molecule has 13 heteroatoms. The predicted molar refractivity (Wildman–Crippen MR) is 159 cm³/mol. The third-order valence-electron chi connectivity index (χ3n) is 7.23. The SMILES string of the molecule is CN1CCC(NC(=O)c2ccc(Nc3ncc4ccn(-c5ccc(F)c(NS(=O)(=O)C(C)(C)C)c5)c4n3)cc2F)CC1. The first kappa shape index (κ1) is 29.4. The molecule has 0 aliphatic carbocycles. The second kappa shape index (κ2) is 11.3. The molecule has 0 unspecified atom stereocenters. The molecule has 42 heavy (non-hydrogen) atoms. The lowest BCUT2D eigenvalue weighted by molar-refractivity contribution is 0.0913. The molecule has 2 aromatic heterocycles. The lowest BCUT2D eigenvalue weighted by Crippen LogP contribution is -2.43. The number of anilines is 3. The van der Waals surface area contributed by atoms with Gasteiger partial charge in [0.15, 0.2) is 0 Å². The van der Waals surface area contributed by atoms with E-state index in [1.54, 1.807) is 29.1 Å². The number of fused-ring (bicyclic) bond motifs is 1. The fourth-order valence-electron chi connectivity index (χ4n) is 4.55. The van der Waals surface area contributed by atoms with E-state index < -0.39 is 32.3 Å². The van der Waals surface area contributed by atoms with Gasteiger partial charge in [-0.1, -0.05) is 0 Å². The molecular formula is C29H33F2N7O3S. The Morgan fingerprint density at radius 1 is 1.02 bits per heavy atom. The first-order valence-corrected chi connectivity index (χ1v) is 15.0. The standard InChI is InChI=1S/C29H33F2N7O3S/c1-29(2,3)42(40,41)36-25-16-21(6-8-23(25)30)38-14-9-18-17-32-28(35-26(18)38)34-20-5-7-22(24(31)15-20)27(39)33-19-10-12-37(4)13-11-19/h5-9,14-17,19,36H,10-13H2,1-4H3,(H,33,39)(H,32,34,35). The number of carbonyl (C=O) groups is 1.